The van der Waals surface area contributed by atoms with Gasteiger partial charge in [0, 0.05) is 0 Å². The van der Waals surface area contributed by atoms with E-state index in [0.29, 0.717) is 6.42 Å². The zero-order valence-corrected chi connectivity index (χ0v) is 14.6. The van der Waals surface area contributed by atoms with Gasteiger partial charge in [-0.15, -0.1) is 0 Å². The molecule has 0 aromatic rings. The maximum absolute atomic E-state index is 10.2. The van der Waals surface area contributed by atoms with E-state index in [4.69, 9.17) is 0 Å². The van der Waals surface area contributed by atoms with Crippen LogP contribution in [0.5, 0.6) is 0 Å². The number of rotatable bonds is 13. The molecule has 0 N–H and O–H groups in total. The summed E-state index contributed by atoms with van der Waals surface area (Å²) in [5.74, 6) is 0. The molecule has 0 fully saturated rings. The summed E-state index contributed by atoms with van der Waals surface area (Å²) in [6.07, 6.45) is 13.1. The molecule has 0 radical (unpaired) electrons. The first-order valence-electron chi connectivity index (χ1n) is 7.23. The van der Waals surface area contributed by atoms with Crippen molar-refractivity contribution >= 4 is 30.9 Å². The van der Waals surface area contributed by atoms with Crippen molar-refractivity contribution in [2.75, 3.05) is 6.61 Å². The third-order valence-electron chi connectivity index (χ3n) is 3.00. The van der Waals surface area contributed by atoms with Crippen molar-refractivity contribution in [3.63, 3.8) is 0 Å². The van der Waals surface area contributed by atoms with Crippen LogP contribution in [0, 0.1) is 0 Å². The van der Waals surface area contributed by atoms with Crippen LogP contribution in [0.2, 0.25) is 0 Å². The molecule has 0 aliphatic rings. The van der Waals surface area contributed by atoms with E-state index in [1.807, 2.05) is 0 Å². The second-order valence-corrected chi connectivity index (χ2v) is 5.97. The minimum Gasteiger partial charge on any atom is -0.790 e. The smallest absolute Gasteiger partial charge is 0.790 e. The van der Waals surface area contributed by atoms with Crippen molar-refractivity contribution in [2.24, 2.45) is 0 Å². The Balaban J connectivity index is 0. The molecule has 0 spiro atoms. The van der Waals surface area contributed by atoms with Gasteiger partial charge < -0.3 is 18.9 Å². The van der Waals surface area contributed by atoms with E-state index < -0.39 is 7.82 Å². The van der Waals surface area contributed by atoms with E-state index in [2.05, 4.69) is 11.4 Å². The molecule has 0 saturated heterocycles. The molecule has 6 heteroatoms. The minimum atomic E-state index is -4.75. The number of hydrogen-bond acceptors (Lipinski definition) is 4. The van der Waals surface area contributed by atoms with Gasteiger partial charge in [-0.1, -0.05) is 71.1 Å². The fourth-order valence-corrected chi connectivity index (χ4v) is 2.30. The quantitative estimate of drug-likeness (QED) is 0.298. The van der Waals surface area contributed by atoms with E-state index in [9.17, 15) is 14.4 Å². The van der Waals surface area contributed by atoms with Gasteiger partial charge in [0.05, 0.1) is 14.4 Å². The Morgan fingerprint density at radius 2 is 1.16 bits per heavy atom. The first-order valence-corrected chi connectivity index (χ1v) is 8.69. The molecule has 0 rings (SSSR count). The summed E-state index contributed by atoms with van der Waals surface area (Å²) in [4.78, 5) is 20.3. The van der Waals surface area contributed by atoms with Gasteiger partial charge in [0.2, 0.25) is 0 Å². The minimum absolute atomic E-state index is 0. The fraction of sp³-hybridized carbons (Fsp3) is 1.00. The molecule has 0 aromatic heterocycles. The summed E-state index contributed by atoms with van der Waals surface area (Å²) in [5, 5.41) is 0. The average molecular weight is 303 g/mol. The van der Waals surface area contributed by atoms with Crippen LogP contribution in [0.15, 0.2) is 0 Å². The molecular formula is C13H27MgO4P. The summed E-state index contributed by atoms with van der Waals surface area (Å²) in [6, 6.07) is 0. The Hall–Kier alpha value is 0.876. The van der Waals surface area contributed by atoms with Gasteiger partial charge >= 0.3 is 23.1 Å². The Morgan fingerprint density at radius 3 is 1.53 bits per heavy atom. The van der Waals surface area contributed by atoms with E-state index in [-0.39, 0.29) is 29.7 Å². The van der Waals surface area contributed by atoms with Crippen LogP contribution < -0.4 is 9.79 Å². The molecule has 0 aliphatic carbocycles. The average Bonchev–Trinajstić information content (AvgIpc) is 2.29. The summed E-state index contributed by atoms with van der Waals surface area (Å²) < 4.78 is 14.3. The standard InChI is InChI=1S/C13H29O4P.Mg/c1-2-3-4-5-6-7-8-9-10-11-12-13-17-18(14,15)16;/h2-13H2,1H3,(H2,14,15,16);/q;+2/p-2. The van der Waals surface area contributed by atoms with Crippen molar-refractivity contribution in [3.8, 4) is 0 Å². The van der Waals surface area contributed by atoms with E-state index in [1.165, 1.54) is 51.4 Å². The summed E-state index contributed by atoms with van der Waals surface area (Å²) in [6.45, 7) is 2.27. The first-order chi connectivity index (χ1) is 8.56. The van der Waals surface area contributed by atoms with Crippen molar-refractivity contribution in [1.82, 2.24) is 0 Å². The van der Waals surface area contributed by atoms with Crippen molar-refractivity contribution in [2.45, 2.75) is 77.6 Å². The van der Waals surface area contributed by atoms with Crippen LogP contribution in [0.25, 0.3) is 0 Å². The molecule has 0 aliphatic heterocycles. The maximum Gasteiger partial charge on any atom is 2.00 e. The molecule has 0 aromatic carbocycles. The number of hydrogen-bond donors (Lipinski definition) is 0. The number of phosphoric acid groups is 1. The van der Waals surface area contributed by atoms with Gasteiger partial charge in [0.15, 0.2) is 0 Å². The third-order valence-corrected chi connectivity index (χ3v) is 3.50. The zero-order valence-electron chi connectivity index (χ0n) is 12.3. The van der Waals surface area contributed by atoms with Gasteiger partial charge in [-0.3, -0.25) is 0 Å². The fourth-order valence-electron chi connectivity index (χ4n) is 1.94. The second kappa shape index (κ2) is 15.3. The molecule has 0 saturated carbocycles. The third kappa shape index (κ3) is 21.3. The molecular weight excluding hydrogens is 275 g/mol. The normalized spacial score (nSPS) is 11.3. The molecule has 0 unspecified atom stereocenters. The topological polar surface area (TPSA) is 72.4 Å². The zero-order chi connectivity index (χ0) is 13.7. The van der Waals surface area contributed by atoms with Gasteiger partial charge in [0.1, 0.15) is 0 Å². The Bertz CT molecular complexity index is 221. The molecule has 4 nitrogen and oxygen atoms in total. The van der Waals surface area contributed by atoms with Gasteiger partial charge in [-0.2, -0.15) is 0 Å². The predicted molar refractivity (Wildman–Crippen MR) is 75.8 cm³/mol. The van der Waals surface area contributed by atoms with Crippen LogP contribution in [-0.4, -0.2) is 29.7 Å². The Kier molecular flexibility index (Phi) is 17.8. The maximum atomic E-state index is 10.2. The van der Waals surface area contributed by atoms with Gasteiger partial charge in [0.25, 0.3) is 0 Å². The van der Waals surface area contributed by atoms with Crippen molar-refractivity contribution < 1.29 is 18.9 Å². The van der Waals surface area contributed by atoms with Crippen LogP contribution in [-0.2, 0) is 9.09 Å². The van der Waals surface area contributed by atoms with Crippen LogP contribution in [0.4, 0.5) is 0 Å². The van der Waals surface area contributed by atoms with Gasteiger partial charge in [-0.05, 0) is 6.42 Å². The Labute approximate surface area is 134 Å². The number of unbranched alkanes of at least 4 members (excludes halogenated alkanes) is 10. The van der Waals surface area contributed by atoms with Crippen molar-refractivity contribution in [3.05, 3.63) is 0 Å². The summed E-state index contributed by atoms with van der Waals surface area (Å²) in [5.41, 5.74) is 0. The monoisotopic (exact) mass is 302 g/mol. The molecule has 19 heavy (non-hydrogen) atoms. The van der Waals surface area contributed by atoms with E-state index >= 15 is 0 Å². The predicted octanol–water partition coefficient (Wildman–Crippen LogP) is 2.76. The van der Waals surface area contributed by atoms with E-state index in [1.54, 1.807) is 0 Å². The van der Waals surface area contributed by atoms with Gasteiger partial charge in [-0.25, -0.2) is 0 Å². The second-order valence-electron chi connectivity index (χ2n) is 4.82. The molecule has 0 heterocycles. The van der Waals surface area contributed by atoms with E-state index in [0.717, 1.165) is 12.8 Å². The molecule has 0 amide bonds. The largest absolute Gasteiger partial charge is 2.00 e. The molecule has 0 bridgehead atoms. The molecule has 110 valence electrons. The molecule has 0 atom stereocenters. The summed E-state index contributed by atoms with van der Waals surface area (Å²) >= 11 is 0. The number of phosphoric ester groups is 1. The van der Waals surface area contributed by atoms with Crippen LogP contribution in [0.1, 0.15) is 77.6 Å². The van der Waals surface area contributed by atoms with Crippen LogP contribution in [0.3, 0.4) is 0 Å². The first kappa shape index (κ1) is 22.2. The summed E-state index contributed by atoms with van der Waals surface area (Å²) in [7, 11) is -4.75. The SMILES string of the molecule is CCCCCCCCCCCCCOP(=O)([O-])[O-].[Mg+2]. The van der Waals surface area contributed by atoms with Crippen molar-refractivity contribution in [1.29, 1.82) is 0 Å². The Morgan fingerprint density at radius 1 is 0.789 bits per heavy atom. The van der Waals surface area contributed by atoms with Crippen LogP contribution >= 0.6 is 7.82 Å².